The van der Waals surface area contributed by atoms with Crippen molar-refractivity contribution < 1.29 is 9.59 Å². The summed E-state index contributed by atoms with van der Waals surface area (Å²) in [5.74, 6) is 0.0678. The van der Waals surface area contributed by atoms with Gasteiger partial charge in [0.2, 0.25) is 0 Å². The SMILES string of the molecule is O=C(CN1CCN2C(=O)NCC2C1)c1cccc(Cl)c1. The molecule has 0 spiro atoms. The lowest BCUT2D eigenvalue weighted by atomic mass is 10.1. The predicted molar refractivity (Wildman–Crippen MR) is 76.1 cm³/mol. The summed E-state index contributed by atoms with van der Waals surface area (Å²) in [5.41, 5.74) is 0.639. The van der Waals surface area contributed by atoms with Crippen LogP contribution in [0.4, 0.5) is 4.79 Å². The molecular formula is C14H16ClN3O2. The lowest BCUT2D eigenvalue weighted by Crippen LogP contribution is -2.53. The first-order chi connectivity index (χ1) is 9.63. The first-order valence-electron chi connectivity index (χ1n) is 6.69. The minimum absolute atomic E-state index is 0.0100. The van der Waals surface area contributed by atoms with Crippen LogP contribution < -0.4 is 5.32 Å². The van der Waals surface area contributed by atoms with E-state index in [4.69, 9.17) is 11.6 Å². The van der Waals surface area contributed by atoms with E-state index in [2.05, 4.69) is 10.2 Å². The number of hydrogen-bond acceptors (Lipinski definition) is 3. The molecule has 2 aliphatic heterocycles. The third kappa shape index (κ3) is 2.64. The maximum Gasteiger partial charge on any atom is 0.317 e. The van der Waals surface area contributed by atoms with Crippen LogP contribution >= 0.6 is 11.6 Å². The fourth-order valence-electron chi connectivity index (χ4n) is 2.77. The molecule has 2 aliphatic rings. The van der Waals surface area contributed by atoms with Crippen molar-refractivity contribution in [2.75, 3.05) is 32.7 Å². The van der Waals surface area contributed by atoms with E-state index in [0.717, 1.165) is 13.1 Å². The third-order valence-electron chi connectivity index (χ3n) is 3.83. The molecule has 6 heteroatoms. The summed E-state index contributed by atoms with van der Waals surface area (Å²) in [7, 11) is 0. The van der Waals surface area contributed by atoms with Crippen molar-refractivity contribution in [3.8, 4) is 0 Å². The van der Waals surface area contributed by atoms with Gasteiger partial charge in [-0.3, -0.25) is 9.69 Å². The van der Waals surface area contributed by atoms with Gasteiger partial charge in [-0.15, -0.1) is 0 Å². The minimum atomic E-state index is 0.0100. The Kier molecular flexibility index (Phi) is 3.63. The van der Waals surface area contributed by atoms with Crippen molar-refractivity contribution in [2.24, 2.45) is 0 Å². The summed E-state index contributed by atoms with van der Waals surface area (Å²) in [6.07, 6.45) is 0. The summed E-state index contributed by atoms with van der Waals surface area (Å²) < 4.78 is 0. The molecule has 1 unspecified atom stereocenters. The molecule has 2 fully saturated rings. The lowest BCUT2D eigenvalue weighted by Gasteiger charge is -2.35. The number of fused-ring (bicyclic) bond motifs is 1. The molecule has 20 heavy (non-hydrogen) atoms. The molecule has 0 saturated carbocycles. The van der Waals surface area contributed by atoms with Crippen molar-refractivity contribution in [3.63, 3.8) is 0 Å². The van der Waals surface area contributed by atoms with Crippen LogP contribution in [0.3, 0.4) is 0 Å². The standard InChI is InChI=1S/C14H16ClN3O2/c15-11-3-1-2-10(6-11)13(19)9-17-4-5-18-12(8-17)7-16-14(18)20/h1-3,6,12H,4-5,7-9H2,(H,16,20). The first-order valence-corrected chi connectivity index (χ1v) is 7.07. The van der Waals surface area contributed by atoms with Gasteiger partial charge >= 0.3 is 6.03 Å². The van der Waals surface area contributed by atoms with Crippen molar-refractivity contribution in [3.05, 3.63) is 34.9 Å². The minimum Gasteiger partial charge on any atom is -0.336 e. The van der Waals surface area contributed by atoms with Gasteiger partial charge in [0.25, 0.3) is 0 Å². The molecule has 5 nitrogen and oxygen atoms in total. The number of carbonyl (C=O) groups excluding carboxylic acids is 2. The number of carbonyl (C=O) groups is 2. The Hall–Kier alpha value is -1.59. The Labute approximate surface area is 122 Å². The smallest absolute Gasteiger partial charge is 0.317 e. The van der Waals surface area contributed by atoms with Crippen LogP contribution in [0.2, 0.25) is 5.02 Å². The monoisotopic (exact) mass is 293 g/mol. The highest BCUT2D eigenvalue weighted by molar-refractivity contribution is 6.31. The average Bonchev–Trinajstić information content (AvgIpc) is 2.80. The maximum atomic E-state index is 12.2. The van der Waals surface area contributed by atoms with E-state index < -0.39 is 0 Å². The summed E-state index contributed by atoms with van der Waals surface area (Å²) in [6, 6.07) is 7.21. The quantitative estimate of drug-likeness (QED) is 0.853. The highest BCUT2D eigenvalue weighted by Gasteiger charge is 2.35. The van der Waals surface area contributed by atoms with Gasteiger partial charge < -0.3 is 10.2 Å². The number of Topliss-reactive ketones (excluding diaryl/α,β-unsaturated/α-hetero) is 1. The molecule has 0 aromatic heterocycles. The first kappa shape index (κ1) is 13.4. The Morgan fingerprint density at radius 3 is 3.05 bits per heavy atom. The zero-order chi connectivity index (χ0) is 14.1. The number of urea groups is 1. The van der Waals surface area contributed by atoms with Crippen molar-refractivity contribution >= 4 is 23.4 Å². The van der Waals surface area contributed by atoms with Gasteiger partial charge in [-0.1, -0.05) is 23.7 Å². The molecule has 1 N–H and O–H groups in total. The Balaban J connectivity index is 1.61. The normalized spacial score (nSPS) is 22.6. The molecule has 2 saturated heterocycles. The topological polar surface area (TPSA) is 52.7 Å². The Morgan fingerprint density at radius 1 is 1.40 bits per heavy atom. The predicted octanol–water partition coefficient (Wildman–Crippen LogP) is 1.23. The number of halogens is 1. The number of amides is 2. The fraction of sp³-hybridized carbons (Fsp3) is 0.429. The van der Waals surface area contributed by atoms with Crippen LogP contribution in [-0.4, -0.2) is 60.4 Å². The average molecular weight is 294 g/mol. The fourth-order valence-corrected chi connectivity index (χ4v) is 2.96. The van der Waals surface area contributed by atoms with Crippen LogP contribution in [0.25, 0.3) is 0 Å². The molecule has 2 heterocycles. The van der Waals surface area contributed by atoms with Gasteiger partial charge in [-0.2, -0.15) is 0 Å². The van der Waals surface area contributed by atoms with Gasteiger partial charge in [0, 0.05) is 36.8 Å². The summed E-state index contributed by atoms with van der Waals surface area (Å²) >= 11 is 5.90. The number of piperazine rings is 1. The molecule has 0 bridgehead atoms. The highest BCUT2D eigenvalue weighted by Crippen LogP contribution is 2.16. The van der Waals surface area contributed by atoms with Gasteiger partial charge in [0.05, 0.1) is 12.6 Å². The van der Waals surface area contributed by atoms with Gasteiger partial charge in [-0.05, 0) is 12.1 Å². The second-order valence-electron chi connectivity index (χ2n) is 5.20. The molecule has 1 aromatic rings. The van der Waals surface area contributed by atoms with Crippen molar-refractivity contribution in [1.82, 2.24) is 15.1 Å². The van der Waals surface area contributed by atoms with E-state index in [0.29, 0.717) is 30.2 Å². The summed E-state index contributed by atoms with van der Waals surface area (Å²) in [4.78, 5) is 27.7. The van der Waals surface area contributed by atoms with E-state index in [9.17, 15) is 9.59 Å². The van der Waals surface area contributed by atoms with Crippen molar-refractivity contribution in [1.29, 1.82) is 0 Å². The van der Waals surface area contributed by atoms with E-state index in [1.807, 2.05) is 4.90 Å². The number of hydrogen-bond donors (Lipinski definition) is 1. The lowest BCUT2D eigenvalue weighted by molar-refractivity contribution is 0.0838. The van der Waals surface area contributed by atoms with E-state index in [1.54, 1.807) is 24.3 Å². The molecule has 3 rings (SSSR count). The van der Waals surface area contributed by atoms with Crippen LogP contribution in [-0.2, 0) is 0 Å². The van der Waals surface area contributed by atoms with Crippen LogP contribution in [0.15, 0.2) is 24.3 Å². The zero-order valence-corrected chi connectivity index (χ0v) is 11.8. The van der Waals surface area contributed by atoms with E-state index in [-0.39, 0.29) is 17.9 Å². The van der Waals surface area contributed by atoms with Crippen LogP contribution in [0.1, 0.15) is 10.4 Å². The van der Waals surface area contributed by atoms with Crippen molar-refractivity contribution in [2.45, 2.75) is 6.04 Å². The second kappa shape index (κ2) is 5.42. The molecule has 2 amide bonds. The molecule has 0 aliphatic carbocycles. The zero-order valence-electron chi connectivity index (χ0n) is 11.0. The molecule has 1 atom stereocenters. The number of rotatable bonds is 3. The van der Waals surface area contributed by atoms with Gasteiger partial charge in [-0.25, -0.2) is 4.79 Å². The molecule has 0 radical (unpaired) electrons. The molecule has 106 valence electrons. The van der Waals surface area contributed by atoms with Gasteiger partial charge in [0.1, 0.15) is 0 Å². The number of benzene rings is 1. The Morgan fingerprint density at radius 2 is 2.25 bits per heavy atom. The summed E-state index contributed by atoms with van der Waals surface area (Å²) in [6.45, 7) is 3.19. The molecular weight excluding hydrogens is 278 g/mol. The highest BCUT2D eigenvalue weighted by atomic mass is 35.5. The third-order valence-corrected chi connectivity index (χ3v) is 4.07. The molecule has 1 aromatic carbocycles. The maximum absolute atomic E-state index is 12.2. The van der Waals surface area contributed by atoms with Crippen LogP contribution in [0.5, 0.6) is 0 Å². The number of ketones is 1. The van der Waals surface area contributed by atoms with Gasteiger partial charge in [0.15, 0.2) is 5.78 Å². The number of nitrogens with zero attached hydrogens (tertiary/aromatic N) is 2. The summed E-state index contributed by atoms with van der Waals surface area (Å²) in [5, 5.41) is 3.41. The van der Waals surface area contributed by atoms with E-state index in [1.165, 1.54) is 0 Å². The van der Waals surface area contributed by atoms with E-state index >= 15 is 0 Å². The Bertz CT molecular complexity index is 549. The second-order valence-corrected chi connectivity index (χ2v) is 5.64. The number of nitrogens with one attached hydrogen (secondary N) is 1. The largest absolute Gasteiger partial charge is 0.336 e. The van der Waals surface area contributed by atoms with Crippen LogP contribution in [0, 0.1) is 0 Å².